The lowest BCUT2D eigenvalue weighted by atomic mass is 10.1. The number of nitrogens with one attached hydrogen (secondary N) is 1. The number of nitrogens with zero attached hydrogens (tertiary/aromatic N) is 4. The number of nitrogens with two attached hydrogens (primary N) is 1. The molecule has 0 unspecified atom stereocenters. The Morgan fingerprint density at radius 2 is 2.03 bits per heavy atom. The summed E-state index contributed by atoms with van der Waals surface area (Å²) in [6.07, 6.45) is 1.31. The fraction of sp³-hybridized carbons (Fsp3) is 0.238. The largest absolute Gasteiger partial charge is 0.508 e. The molecular weight excluding hydrogens is 448 g/mol. The van der Waals surface area contributed by atoms with Gasteiger partial charge in [0.1, 0.15) is 11.5 Å². The van der Waals surface area contributed by atoms with Crippen LogP contribution < -0.4 is 15.9 Å². The lowest BCUT2D eigenvalue weighted by Gasteiger charge is -2.04. The van der Waals surface area contributed by atoms with Gasteiger partial charge in [0.2, 0.25) is 11.1 Å². The zero-order chi connectivity index (χ0) is 22.5. The zero-order valence-corrected chi connectivity index (χ0v) is 18.9. The van der Waals surface area contributed by atoms with Crippen LogP contribution in [0.2, 0.25) is 0 Å². The summed E-state index contributed by atoms with van der Waals surface area (Å²) in [5.74, 6) is 7.66. The van der Waals surface area contributed by atoms with E-state index in [4.69, 9.17) is 10.6 Å². The molecule has 0 aliphatic carbocycles. The van der Waals surface area contributed by atoms with Crippen LogP contribution in [0.25, 0.3) is 10.2 Å². The molecular formula is C21H22N6O3S2. The van der Waals surface area contributed by atoms with Crippen molar-refractivity contribution in [1.29, 1.82) is 0 Å². The molecule has 166 valence electrons. The highest BCUT2D eigenvalue weighted by molar-refractivity contribution is 7.99. The van der Waals surface area contributed by atoms with Crippen LogP contribution >= 0.6 is 23.1 Å². The van der Waals surface area contributed by atoms with E-state index in [9.17, 15) is 9.90 Å². The van der Waals surface area contributed by atoms with Crippen molar-refractivity contribution in [3.63, 3.8) is 0 Å². The minimum absolute atomic E-state index is 0.132. The third kappa shape index (κ3) is 5.29. The molecule has 0 bridgehead atoms. The minimum Gasteiger partial charge on any atom is -0.508 e. The summed E-state index contributed by atoms with van der Waals surface area (Å²) in [5, 5.41) is 21.4. The first-order valence-corrected chi connectivity index (χ1v) is 11.8. The van der Waals surface area contributed by atoms with Crippen molar-refractivity contribution in [3.8, 4) is 11.5 Å². The summed E-state index contributed by atoms with van der Waals surface area (Å²) < 4.78 is 7.85. The van der Waals surface area contributed by atoms with Gasteiger partial charge < -0.3 is 21.0 Å². The molecule has 0 saturated carbocycles. The van der Waals surface area contributed by atoms with Crippen molar-refractivity contribution in [2.24, 2.45) is 0 Å². The number of anilines is 1. The number of aromatic hydroxyl groups is 1. The summed E-state index contributed by atoms with van der Waals surface area (Å²) in [7, 11) is 0. The molecule has 0 aliphatic rings. The van der Waals surface area contributed by atoms with Gasteiger partial charge in [0.25, 0.3) is 0 Å². The Kier molecular flexibility index (Phi) is 6.76. The number of phenolic OH excluding ortho intramolecular Hbond substituents is 1. The first-order chi connectivity index (χ1) is 15.5. The number of fused-ring (bicyclic) bond motifs is 1. The van der Waals surface area contributed by atoms with Crippen molar-refractivity contribution in [3.05, 3.63) is 53.9 Å². The Hall–Kier alpha value is -3.31. The maximum Gasteiger partial charge on any atom is 0.236 e. The van der Waals surface area contributed by atoms with Gasteiger partial charge in [-0.05, 0) is 49.2 Å². The average molecular weight is 471 g/mol. The van der Waals surface area contributed by atoms with Crippen molar-refractivity contribution >= 4 is 44.4 Å². The summed E-state index contributed by atoms with van der Waals surface area (Å²) in [5.41, 5.74) is 1.87. The molecule has 4 aromatic rings. The molecule has 9 nitrogen and oxygen atoms in total. The monoisotopic (exact) mass is 470 g/mol. The number of thioether (sulfide) groups is 1. The summed E-state index contributed by atoms with van der Waals surface area (Å²) >= 11 is 2.60. The normalized spacial score (nSPS) is 11.0. The van der Waals surface area contributed by atoms with Crippen LogP contribution in [0, 0.1) is 0 Å². The van der Waals surface area contributed by atoms with E-state index in [0.29, 0.717) is 35.6 Å². The number of aromatic nitrogens is 4. The van der Waals surface area contributed by atoms with E-state index in [1.54, 1.807) is 12.1 Å². The SMILES string of the molecule is CCOc1ccc2nc(NC(=O)CSc3nnc(CCc4ccc(O)cc4)n3N)sc2c1. The number of carbonyl (C=O) groups is 1. The van der Waals surface area contributed by atoms with E-state index in [-0.39, 0.29) is 17.4 Å². The highest BCUT2D eigenvalue weighted by atomic mass is 32.2. The standard InChI is InChI=1S/C21H22N6O3S2/c1-2-30-15-8-9-16-17(11-15)32-20(23-16)24-19(29)12-31-21-26-25-18(27(21)22)10-5-13-3-6-14(28)7-4-13/h3-4,6-9,11,28H,2,5,10,12,22H2,1H3,(H,23,24,29). The van der Waals surface area contributed by atoms with Crippen molar-refractivity contribution < 1.29 is 14.6 Å². The van der Waals surface area contributed by atoms with Crippen LogP contribution in [0.15, 0.2) is 47.6 Å². The predicted octanol–water partition coefficient (Wildman–Crippen LogP) is 3.22. The minimum atomic E-state index is -0.201. The number of hydrogen-bond donors (Lipinski definition) is 3. The van der Waals surface area contributed by atoms with Crippen LogP contribution in [0.3, 0.4) is 0 Å². The third-order valence-electron chi connectivity index (χ3n) is 4.56. The molecule has 11 heteroatoms. The first-order valence-electron chi connectivity index (χ1n) is 9.95. The topological polar surface area (TPSA) is 128 Å². The quantitative estimate of drug-likeness (QED) is 0.251. The number of phenols is 1. The van der Waals surface area contributed by atoms with E-state index in [2.05, 4.69) is 20.5 Å². The Bertz CT molecular complexity index is 1220. The smallest absolute Gasteiger partial charge is 0.236 e. The summed E-state index contributed by atoms with van der Waals surface area (Å²) in [6.45, 7) is 2.52. The number of amides is 1. The van der Waals surface area contributed by atoms with Gasteiger partial charge in [-0.25, -0.2) is 9.66 Å². The molecule has 32 heavy (non-hydrogen) atoms. The molecule has 0 saturated heterocycles. The van der Waals surface area contributed by atoms with Crippen LogP contribution in [0.5, 0.6) is 11.5 Å². The predicted molar refractivity (Wildman–Crippen MR) is 126 cm³/mol. The van der Waals surface area contributed by atoms with Crippen LogP contribution in [-0.2, 0) is 17.6 Å². The van der Waals surface area contributed by atoms with E-state index in [0.717, 1.165) is 21.5 Å². The van der Waals surface area contributed by atoms with Gasteiger partial charge in [0.05, 0.1) is 22.6 Å². The van der Waals surface area contributed by atoms with Gasteiger partial charge in [-0.2, -0.15) is 0 Å². The average Bonchev–Trinajstić information content (AvgIpc) is 3.34. The second-order valence-electron chi connectivity index (χ2n) is 6.85. The fourth-order valence-electron chi connectivity index (χ4n) is 3.00. The molecule has 4 rings (SSSR count). The number of ether oxygens (including phenoxy) is 1. The highest BCUT2D eigenvalue weighted by Crippen LogP contribution is 2.29. The number of nitrogen functional groups attached to an aromatic ring is 1. The Morgan fingerprint density at radius 3 is 2.81 bits per heavy atom. The molecule has 0 spiro atoms. The molecule has 2 aromatic carbocycles. The third-order valence-corrected chi connectivity index (χ3v) is 6.44. The van der Waals surface area contributed by atoms with Gasteiger partial charge in [-0.1, -0.05) is 35.2 Å². The second kappa shape index (κ2) is 9.88. The van der Waals surface area contributed by atoms with Crippen molar-refractivity contribution in [2.45, 2.75) is 24.9 Å². The fourth-order valence-corrected chi connectivity index (χ4v) is 4.58. The van der Waals surface area contributed by atoms with Gasteiger partial charge >= 0.3 is 0 Å². The molecule has 4 N–H and O–H groups in total. The number of rotatable bonds is 9. The van der Waals surface area contributed by atoms with Crippen molar-refractivity contribution in [2.75, 3.05) is 23.5 Å². The van der Waals surface area contributed by atoms with E-state index >= 15 is 0 Å². The number of carbonyl (C=O) groups excluding carboxylic acids is 1. The van der Waals surface area contributed by atoms with Crippen molar-refractivity contribution in [1.82, 2.24) is 19.9 Å². The first kappa shape index (κ1) is 21.9. The summed E-state index contributed by atoms with van der Waals surface area (Å²) in [6, 6.07) is 12.6. The van der Waals surface area contributed by atoms with E-state index < -0.39 is 0 Å². The lowest BCUT2D eigenvalue weighted by Crippen LogP contribution is -2.17. The highest BCUT2D eigenvalue weighted by Gasteiger charge is 2.14. The number of hydrogen-bond acceptors (Lipinski definition) is 9. The van der Waals surface area contributed by atoms with E-state index in [1.165, 1.54) is 27.8 Å². The summed E-state index contributed by atoms with van der Waals surface area (Å²) in [4.78, 5) is 16.8. The maximum absolute atomic E-state index is 12.4. The van der Waals surface area contributed by atoms with Gasteiger partial charge in [0.15, 0.2) is 11.0 Å². The van der Waals surface area contributed by atoms with Crippen LogP contribution in [0.4, 0.5) is 5.13 Å². The Balaban J connectivity index is 1.31. The molecule has 0 aliphatic heterocycles. The maximum atomic E-state index is 12.4. The molecule has 1 amide bonds. The zero-order valence-electron chi connectivity index (χ0n) is 17.3. The van der Waals surface area contributed by atoms with Gasteiger partial charge in [-0.3, -0.25) is 4.79 Å². The molecule has 0 atom stereocenters. The van der Waals surface area contributed by atoms with E-state index in [1.807, 2.05) is 37.3 Å². The number of thiazole rings is 1. The molecule has 0 fully saturated rings. The van der Waals surface area contributed by atoms with Gasteiger partial charge in [0, 0.05) is 6.42 Å². The molecule has 2 aromatic heterocycles. The Labute approximate surface area is 192 Å². The molecule has 0 radical (unpaired) electrons. The van der Waals surface area contributed by atoms with Crippen LogP contribution in [-0.4, -0.2) is 43.2 Å². The van der Waals surface area contributed by atoms with Gasteiger partial charge in [-0.15, -0.1) is 10.2 Å². The Morgan fingerprint density at radius 1 is 1.22 bits per heavy atom. The number of aryl methyl sites for hydroxylation is 2. The second-order valence-corrected chi connectivity index (χ2v) is 8.83. The van der Waals surface area contributed by atoms with Crippen LogP contribution in [0.1, 0.15) is 18.3 Å². The lowest BCUT2D eigenvalue weighted by molar-refractivity contribution is -0.113. The molecule has 2 heterocycles. The number of benzene rings is 2.